The maximum atomic E-state index is 13.2. The molecule has 0 radical (unpaired) electrons. The van der Waals surface area contributed by atoms with Gasteiger partial charge in [0.05, 0.1) is 10.2 Å². The van der Waals surface area contributed by atoms with Crippen LogP contribution < -0.4 is 0 Å². The monoisotopic (exact) mass is 322 g/mol. The summed E-state index contributed by atoms with van der Waals surface area (Å²) in [5.41, 5.74) is -0.532. The summed E-state index contributed by atoms with van der Waals surface area (Å²) in [6.45, 7) is 0. The van der Waals surface area contributed by atoms with Crippen LogP contribution in [0, 0.1) is 17.5 Å². The molecule has 0 aromatic heterocycles. The van der Waals surface area contributed by atoms with Gasteiger partial charge < -0.3 is 0 Å². The van der Waals surface area contributed by atoms with Gasteiger partial charge in [-0.2, -0.15) is 0 Å². The van der Waals surface area contributed by atoms with Gasteiger partial charge in [-0.1, -0.05) is 0 Å². The molecule has 0 bridgehead atoms. The molecule has 0 spiro atoms. The van der Waals surface area contributed by atoms with Gasteiger partial charge in [0.15, 0.2) is 11.6 Å². The molecule has 0 saturated carbocycles. The van der Waals surface area contributed by atoms with Gasteiger partial charge in [0, 0.05) is 16.2 Å². The van der Waals surface area contributed by atoms with E-state index in [2.05, 4.69) is 15.9 Å². The Hall–Kier alpha value is -0.270. The third kappa shape index (κ3) is 3.09. The summed E-state index contributed by atoms with van der Waals surface area (Å²) >= 11 is 2.46. The smallest absolute Gasteiger partial charge is 0.212 e. The minimum absolute atomic E-state index is 0.454. The zero-order valence-corrected chi connectivity index (χ0v) is 10.1. The molecule has 0 fully saturated rings. The summed E-state index contributed by atoms with van der Waals surface area (Å²) in [4.78, 5) is 0. The van der Waals surface area contributed by atoms with E-state index in [-0.39, 0.29) is 0 Å². The Morgan fingerprint density at radius 1 is 1.27 bits per heavy atom. The fraction of sp³-hybridized carbons (Fsp3) is 0.143. The van der Waals surface area contributed by atoms with E-state index in [1.54, 1.807) is 0 Å². The van der Waals surface area contributed by atoms with Gasteiger partial charge in [0.1, 0.15) is 5.82 Å². The summed E-state index contributed by atoms with van der Waals surface area (Å²) in [7, 11) is 0.834. The van der Waals surface area contributed by atoms with Gasteiger partial charge in [-0.15, -0.1) is 0 Å². The highest BCUT2D eigenvalue weighted by Gasteiger charge is 2.19. The summed E-state index contributed by atoms with van der Waals surface area (Å²) in [6.07, 6.45) is 0. The largest absolute Gasteiger partial charge is 0.236 e. The van der Waals surface area contributed by atoms with E-state index in [9.17, 15) is 21.6 Å². The van der Waals surface area contributed by atoms with Crippen LogP contribution in [0.4, 0.5) is 13.2 Å². The van der Waals surface area contributed by atoms with Crippen LogP contribution in [0.2, 0.25) is 0 Å². The molecule has 0 aliphatic heterocycles. The Balaban J connectivity index is 3.33. The van der Waals surface area contributed by atoms with Gasteiger partial charge in [0.2, 0.25) is 9.05 Å². The fourth-order valence-corrected chi connectivity index (χ4v) is 2.29. The van der Waals surface area contributed by atoms with Crippen LogP contribution in [0.3, 0.4) is 0 Å². The predicted molar refractivity (Wildman–Crippen MR) is 52.5 cm³/mol. The average Bonchev–Trinajstić information content (AvgIpc) is 2.08. The van der Waals surface area contributed by atoms with Crippen LogP contribution in [0.25, 0.3) is 0 Å². The molecule has 15 heavy (non-hydrogen) atoms. The first-order valence-corrected chi connectivity index (χ1v) is 6.73. The standard InChI is InChI=1S/C7H3BrClF3O2S/c8-5-6(11)3(2-15(9,13)14)1-4(10)7(5)12/h1H,2H2. The minimum atomic E-state index is -4.02. The Labute approximate surface area is 96.6 Å². The van der Waals surface area contributed by atoms with Gasteiger partial charge >= 0.3 is 0 Å². The molecule has 0 aliphatic carbocycles. The van der Waals surface area contributed by atoms with E-state index in [1.165, 1.54) is 0 Å². The lowest BCUT2D eigenvalue weighted by atomic mass is 10.2. The lowest BCUT2D eigenvalue weighted by molar-refractivity contribution is 0.484. The maximum absolute atomic E-state index is 13.2. The zero-order chi connectivity index (χ0) is 11.8. The number of halogens is 5. The van der Waals surface area contributed by atoms with E-state index in [0.717, 1.165) is 0 Å². The van der Waals surface area contributed by atoms with Crippen LogP contribution >= 0.6 is 26.6 Å². The predicted octanol–water partition coefficient (Wildman–Crippen LogP) is 2.94. The highest BCUT2D eigenvalue weighted by molar-refractivity contribution is 9.10. The van der Waals surface area contributed by atoms with Crippen molar-refractivity contribution in [3.8, 4) is 0 Å². The van der Waals surface area contributed by atoms with Crippen molar-refractivity contribution in [2.45, 2.75) is 5.75 Å². The van der Waals surface area contributed by atoms with Gasteiger partial charge in [-0.25, -0.2) is 21.6 Å². The van der Waals surface area contributed by atoms with E-state index in [0.29, 0.717) is 6.07 Å². The van der Waals surface area contributed by atoms with Gasteiger partial charge in [-0.05, 0) is 22.0 Å². The molecule has 2 nitrogen and oxygen atoms in total. The number of hydrogen-bond acceptors (Lipinski definition) is 2. The quantitative estimate of drug-likeness (QED) is 0.476. The summed E-state index contributed by atoms with van der Waals surface area (Å²) in [5.74, 6) is -4.85. The van der Waals surface area contributed by atoms with Crippen molar-refractivity contribution in [1.82, 2.24) is 0 Å². The Bertz CT molecular complexity index is 503. The van der Waals surface area contributed by atoms with Gasteiger partial charge in [0.25, 0.3) is 0 Å². The molecule has 0 amide bonds. The Morgan fingerprint density at radius 3 is 2.27 bits per heavy atom. The molecule has 84 valence electrons. The molecular weight excluding hydrogens is 320 g/mol. The van der Waals surface area contributed by atoms with Crippen molar-refractivity contribution < 1.29 is 21.6 Å². The topological polar surface area (TPSA) is 34.1 Å². The molecule has 1 aromatic rings. The molecule has 0 saturated heterocycles. The van der Waals surface area contributed by atoms with E-state index < -0.39 is 42.3 Å². The second-order valence-electron chi connectivity index (χ2n) is 2.64. The summed E-state index contributed by atoms with van der Waals surface area (Å²) in [6, 6.07) is 0.454. The summed E-state index contributed by atoms with van der Waals surface area (Å²) in [5, 5.41) is 0. The van der Waals surface area contributed by atoms with Crippen molar-refractivity contribution in [2.24, 2.45) is 0 Å². The second kappa shape index (κ2) is 4.31. The third-order valence-corrected chi connectivity index (χ3v) is 3.19. The molecule has 0 unspecified atom stereocenters. The highest BCUT2D eigenvalue weighted by atomic mass is 79.9. The molecule has 0 aliphatic rings. The van der Waals surface area contributed by atoms with E-state index >= 15 is 0 Å². The molecule has 0 atom stereocenters. The first-order valence-electron chi connectivity index (χ1n) is 3.46. The highest BCUT2D eigenvalue weighted by Crippen LogP contribution is 2.26. The first-order chi connectivity index (χ1) is 6.72. The van der Waals surface area contributed by atoms with Crippen LogP contribution in [0.15, 0.2) is 10.5 Å². The second-order valence-corrected chi connectivity index (χ2v) is 6.21. The van der Waals surface area contributed by atoms with Gasteiger partial charge in [-0.3, -0.25) is 0 Å². The molecular formula is C7H3BrClF3O2S. The Morgan fingerprint density at radius 2 is 1.80 bits per heavy atom. The van der Waals surface area contributed by atoms with Crippen LogP contribution in [0.5, 0.6) is 0 Å². The van der Waals surface area contributed by atoms with Crippen molar-refractivity contribution in [3.63, 3.8) is 0 Å². The Kier molecular flexibility index (Phi) is 3.67. The molecule has 1 rings (SSSR count). The van der Waals surface area contributed by atoms with Crippen LogP contribution in [0.1, 0.15) is 5.56 Å². The molecule has 8 heteroatoms. The normalized spacial score (nSPS) is 11.8. The zero-order valence-electron chi connectivity index (χ0n) is 6.90. The fourth-order valence-electron chi connectivity index (χ4n) is 0.913. The molecule has 1 aromatic carbocycles. The van der Waals surface area contributed by atoms with Crippen molar-refractivity contribution >= 4 is 35.7 Å². The molecule has 0 heterocycles. The lowest BCUT2D eigenvalue weighted by Crippen LogP contribution is -2.02. The number of benzene rings is 1. The third-order valence-electron chi connectivity index (χ3n) is 1.51. The van der Waals surface area contributed by atoms with Crippen molar-refractivity contribution in [3.05, 3.63) is 33.6 Å². The van der Waals surface area contributed by atoms with Crippen LogP contribution in [-0.2, 0) is 14.8 Å². The SMILES string of the molecule is O=S(=O)(Cl)Cc1cc(F)c(F)c(Br)c1F. The number of hydrogen-bond donors (Lipinski definition) is 0. The summed E-state index contributed by atoms with van der Waals surface area (Å²) < 4.78 is 59.2. The molecule has 0 N–H and O–H groups in total. The van der Waals surface area contributed by atoms with Crippen molar-refractivity contribution in [1.29, 1.82) is 0 Å². The maximum Gasteiger partial charge on any atom is 0.236 e. The number of rotatable bonds is 2. The van der Waals surface area contributed by atoms with E-state index in [1.807, 2.05) is 0 Å². The average molecular weight is 324 g/mol. The van der Waals surface area contributed by atoms with Crippen LogP contribution in [-0.4, -0.2) is 8.42 Å². The lowest BCUT2D eigenvalue weighted by Gasteiger charge is -2.04. The van der Waals surface area contributed by atoms with E-state index in [4.69, 9.17) is 10.7 Å². The first kappa shape index (κ1) is 12.8. The van der Waals surface area contributed by atoms with Crippen molar-refractivity contribution in [2.75, 3.05) is 0 Å². The minimum Gasteiger partial charge on any atom is -0.212 e.